The Morgan fingerprint density at radius 2 is 1.74 bits per heavy atom. The molecule has 0 spiro atoms. The van der Waals surface area contributed by atoms with Crippen molar-refractivity contribution in [1.82, 2.24) is 4.90 Å². The Hall–Kier alpha value is -2.51. The van der Waals surface area contributed by atoms with Gasteiger partial charge >= 0.3 is 0 Å². The quantitative estimate of drug-likeness (QED) is 0.635. The third-order valence-corrected chi connectivity index (χ3v) is 6.41. The lowest BCUT2D eigenvalue weighted by Gasteiger charge is -2.19. The van der Waals surface area contributed by atoms with Gasteiger partial charge in [0.1, 0.15) is 0 Å². The average Bonchev–Trinajstić information content (AvgIpc) is 3.28. The molecule has 3 rings (SSSR count). The second-order valence-corrected chi connectivity index (χ2v) is 9.31. The number of hydrogen-bond acceptors (Lipinski definition) is 4. The standard InChI is InChI=1S/C23H26ClN3O3S/c1-15-5-8-18(9-6-15)25-21(28)14-31-16(2)22(29)26-20-13-17(24)7-10-19(20)23(30)27-11-3-4-12-27/h5-10,13,16H,3-4,11-12,14H2,1-2H3,(H,25,28)(H,26,29). The third kappa shape index (κ3) is 6.48. The number of thioether (sulfide) groups is 1. The molecule has 1 aliphatic heterocycles. The van der Waals surface area contributed by atoms with Gasteiger partial charge in [-0.25, -0.2) is 0 Å². The number of carbonyl (C=O) groups excluding carboxylic acids is 3. The van der Waals surface area contributed by atoms with E-state index in [2.05, 4.69) is 10.6 Å². The van der Waals surface area contributed by atoms with Crippen LogP contribution in [-0.2, 0) is 9.59 Å². The molecule has 6 nitrogen and oxygen atoms in total. The highest BCUT2D eigenvalue weighted by Gasteiger charge is 2.24. The second kappa shape index (κ2) is 10.7. The highest BCUT2D eigenvalue weighted by atomic mass is 35.5. The van der Waals surface area contributed by atoms with Crippen molar-refractivity contribution in [2.45, 2.75) is 31.9 Å². The fourth-order valence-corrected chi connectivity index (χ4v) is 4.10. The molecule has 0 bridgehead atoms. The van der Waals surface area contributed by atoms with E-state index in [1.807, 2.05) is 31.2 Å². The summed E-state index contributed by atoms with van der Waals surface area (Å²) in [5.74, 6) is -0.438. The Labute approximate surface area is 191 Å². The van der Waals surface area contributed by atoms with Crippen LogP contribution in [0.2, 0.25) is 5.02 Å². The molecule has 8 heteroatoms. The largest absolute Gasteiger partial charge is 0.339 e. The Morgan fingerprint density at radius 3 is 2.42 bits per heavy atom. The zero-order valence-corrected chi connectivity index (χ0v) is 19.2. The van der Waals surface area contributed by atoms with E-state index in [4.69, 9.17) is 11.6 Å². The maximum absolute atomic E-state index is 12.8. The van der Waals surface area contributed by atoms with E-state index in [0.717, 1.165) is 37.2 Å². The lowest BCUT2D eigenvalue weighted by molar-refractivity contribution is -0.115. The van der Waals surface area contributed by atoms with Crippen molar-refractivity contribution in [3.63, 3.8) is 0 Å². The molecule has 2 N–H and O–H groups in total. The Morgan fingerprint density at radius 1 is 1.06 bits per heavy atom. The summed E-state index contributed by atoms with van der Waals surface area (Å²) < 4.78 is 0. The van der Waals surface area contributed by atoms with Gasteiger partial charge < -0.3 is 15.5 Å². The number of benzene rings is 2. The van der Waals surface area contributed by atoms with Gasteiger partial charge in [-0.2, -0.15) is 0 Å². The minimum atomic E-state index is -0.488. The maximum Gasteiger partial charge on any atom is 0.255 e. The summed E-state index contributed by atoms with van der Waals surface area (Å²) in [6, 6.07) is 12.4. The van der Waals surface area contributed by atoms with E-state index >= 15 is 0 Å². The molecule has 1 saturated heterocycles. The molecule has 3 amide bonds. The number of amides is 3. The first kappa shape index (κ1) is 23.2. The van der Waals surface area contributed by atoms with Crippen LogP contribution in [0.15, 0.2) is 42.5 Å². The molecule has 0 aliphatic carbocycles. The van der Waals surface area contributed by atoms with E-state index in [1.165, 1.54) is 11.8 Å². The maximum atomic E-state index is 12.8. The van der Waals surface area contributed by atoms with E-state index < -0.39 is 5.25 Å². The molecule has 0 radical (unpaired) electrons. The minimum Gasteiger partial charge on any atom is -0.339 e. The summed E-state index contributed by atoms with van der Waals surface area (Å²) in [5.41, 5.74) is 2.65. The molecule has 2 aromatic carbocycles. The summed E-state index contributed by atoms with van der Waals surface area (Å²) in [6.07, 6.45) is 1.97. The van der Waals surface area contributed by atoms with Crippen molar-refractivity contribution < 1.29 is 14.4 Å². The summed E-state index contributed by atoms with van der Waals surface area (Å²) in [4.78, 5) is 39.5. The first-order valence-electron chi connectivity index (χ1n) is 10.2. The highest BCUT2D eigenvalue weighted by molar-refractivity contribution is 8.01. The van der Waals surface area contributed by atoms with Crippen LogP contribution in [0.4, 0.5) is 11.4 Å². The molecular weight excluding hydrogens is 434 g/mol. The van der Waals surface area contributed by atoms with Crippen LogP contribution in [0.5, 0.6) is 0 Å². The van der Waals surface area contributed by atoms with Crippen molar-refractivity contribution in [3.8, 4) is 0 Å². The zero-order chi connectivity index (χ0) is 22.4. The summed E-state index contributed by atoms with van der Waals surface area (Å²) in [6.45, 7) is 5.14. The summed E-state index contributed by atoms with van der Waals surface area (Å²) in [7, 11) is 0. The molecular formula is C23H26ClN3O3S. The highest BCUT2D eigenvalue weighted by Crippen LogP contribution is 2.25. The van der Waals surface area contributed by atoms with E-state index in [0.29, 0.717) is 16.3 Å². The third-order valence-electron chi connectivity index (χ3n) is 5.03. The number of halogens is 1. The van der Waals surface area contributed by atoms with E-state index in [1.54, 1.807) is 30.0 Å². The molecule has 164 valence electrons. The van der Waals surface area contributed by atoms with Gasteiger partial charge in [0.2, 0.25) is 11.8 Å². The van der Waals surface area contributed by atoms with Crippen LogP contribution >= 0.6 is 23.4 Å². The van der Waals surface area contributed by atoms with Crippen LogP contribution in [0.1, 0.15) is 35.7 Å². The Balaban J connectivity index is 1.57. The minimum absolute atomic E-state index is 0.109. The van der Waals surface area contributed by atoms with Crippen molar-refractivity contribution in [3.05, 3.63) is 58.6 Å². The van der Waals surface area contributed by atoms with Crippen LogP contribution < -0.4 is 10.6 Å². The van der Waals surface area contributed by atoms with Gasteiger partial charge in [-0.15, -0.1) is 11.8 Å². The van der Waals surface area contributed by atoms with Crippen LogP contribution in [0, 0.1) is 6.92 Å². The molecule has 1 heterocycles. The van der Waals surface area contributed by atoms with Crippen molar-refractivity contribution in [1.29, 1.82) is 0 Å². The fourth-order valence-electron chi connectivity index (χ4n) is 3.24. The van der Waals surface area contributed by atoms with Gasteiger partial charge in [-0.3, -0.25) is 14.4 Å². The molecule has 31 heavy (non-hydrogen) atoms. The molecule has 1 aliphatic rings. The molecule has 2 aromatic rings. The van der Waals surface area contributed by atoms with Gasteiger partial charge in [0.15, 0.2) is 0 Å². The average molecular weight is 460 g/mol. The number of likely N-dealkylation sites (tertiary alicyclic amines) is 1. The molecule has 0 saturated carbocycles. The predicted molar refractivity (Wildman–Crippen MR) is 127 cm³/mol. The summed E-state index contributed by atoms with van der Waals surface area (Å²) in [5, 5.41) is 5.58. The SMILES string of the molecule is Cc1ccc(NC(=O)CSC(C)C(=O)Nc2cc(Cl)ccc2C(=O)N2CCCC2)cc1. The first-order valence-corrected chi connectivity index (χ1v) is 11.6. The number of anilines is 2. The smallest absolute Gasteiger partial charge is 0.255 e. The Kier molecular flexibility index (Phi) is 7.98. The van der Waals surface area contributed by atoms with Crippen LogP contribution in [-0.4, -0.2) is 46.7 Å². The van der Waals surface area contributed by atoms with Gasteiger partial charge in [0.05, 0.1) is 22.3 Å². The predicted octanol–water partition coefficient (Wildman–Crippen LogP) is 4.58. The monoisotopic (exact) mass is 459 g/mol. The van der Waals surface area contributed by atoms with Gasteiger partial charge in [-0.05, 0) is 57.0 Å². The number of hydrogen-bond donors (Lipinski definition) is 2. The van der Waals surface area contributed by atoms with Crippen molar-refractivity contribution >= 4 is 52.5 Å². The fraction of sp³-hybridized carbons (Fsp3) is 0.348. The molecule has 1 unspecified atom stereocenters. The molecule has 1 fully saturated rings. The Bertz CT molecular complexity index is 959. The number of nitrogens with one attached hydrogen (secondary N) is 2. The van der Waals surface area contributed by atoms with Gasteiger partial charge in [0, 0.05) is 23.8 Å². The number of nitrogens with zero attached hydrogens (tertiary/aromatic N) is 1. The number of rotatable bonds is 7. The number of carbonyl (C=O) groups is 3. The lowest BCUT2D eigenvalue weighted by atomic mass is 10.1. The zero-order valence-electron chi connectivity index (χ0n) is 17.6. The van der Waals surface area contributed by atoms with Crippen molar-refractivity contribution in [2.24, 2.45) is 0 Å². The number of aryl methyl sites for hydroxylation is 1. The summed E-state index contributed by atoms with van der Waals surface area (Å²) >= 11 is 7.32. The van der Waals surface area contributed by atoms with Gasteiger partial charge in [0.25, 0.3) is 5.91 Å². The van der Waals surface area contributed by atoms with E-state index in [-0.39, 0.29) is 23.5 Å². The van der Waals surface area contributed by atoms with E-state index in [9.17, 15) is 14.4 Å². The van der Waals surface area contributed by atoms with Crippen LogP contribution in [0.25, 0.3) is 0 Å². The molecule has 1 atom stereocenters. The topological polar surface area (TPSA) is 78.5 Å². The first-order chi connectivity index (χ1) is 14.8. The second-order valence-electron chi connectivity index (χ2n) is 7.55. The lowest BCUT2D eigenvalue weighted by Crippen LogP contribution is -2.30. The van der Waals surface area contributed by atoms with Gasteiger partial charge in [-0.1, -0.05) is 29.3 Å². The van der Waals surface area contributed by atoms with Crippen molar-refractivity contribution in [2.75, 3.05) is 29.5 Å². The van der Waals surface area contributed by atoms with Crippen LogP contribution in [0.3, 0.4) is 0 Å². The molecule has 0 aromatic heterocycles. The normalized spacial score (nSPS) is 14.2.